The first kappa shape index (κ1) is 16.0. The van der Waals surface area contributed by atoms with Crippen LogP contribution in [0.1, 0.15) is 19.0 Å². The van der Waals surface area contributed by atoms with Crippen LogP contribution in [0, 0.1) is 10.1 Å². The predicted octanol–water partition coefficient (Wildman–Crippen LogP) is 2.00. The SMILES string of the molecule is CC1(n2nc(C(F)(F)F)c([N+](=O)[O-])c2Cl)CCS(=O)(=O)C1. The fourth-order valence-corrected chi connectivity index (χ4v) is 4.77. The highest BCUT2D eigenvalue weighted by molar-refractivity contribution is 7.91. The van der Waals surface area contributed by atoms with Gasteiger partial charge >= 0.3 is 11.9 Å². The standard InChI is InChI=1S/C9H9ClF3N3O4S/c1-8(2-3-21(19,20)4-8)15-7(10)5(16(17)18)6(14-15)9(11,12)13/h2-4H2,1H3. The Labute approximate surface area is 121 Å². The zero-order valence-electron chi connectivity index (χ0n) is 10.5. The molecule has 0 bridgehead atoms. The van der Waals surface area contributed by atoms with Gasteiger partial charge in [-0.3, -0.25) is 10.1 Å². The van der Waals surface area contributed by atoms with E-state index in [4.69, 9.17) is 11.6 Å². The zero-order valence-corrected chi connectivity index (χ0v) is 12.1. The molecule has 0 saturated carbocycles. The Morgan fingerprint density at radius 1 is 1.48 bits per heavy atom. The Kier molecular flexibility index (Phi) is 3.48. The van der Waals surface area contributed by atoms with Crippen molar-refractivity contribution in [2.45, 2.75) is 25.1 Å². The average molecular weight is 348 g/mol. The Balaban J connectivity index is 2.65. The minimum atomic E-state index is -5.06. The van der Waals surface area contributed by atoms with Gasteiger partial charge in [0.15, 0.2) is 9.84 Å². The molecule has 0 aromatic carbocycles. The molecule has 1 unspecified atom stereocenters. The second-order valence-corrected chi connectivity index (χ2v) is 7.54. The summed E-state index contributed by atoms with van der Waals surface area (Å²) in [6.45, 7) is 1.35. The van der Waals surface area contributed by atoms with E-state index in [1.165, 1.54) is 6.92 Å². The van der Waals surface area contributed by atoms with E-state index in [1.54, 1.807) is 0 Å². The smallest absolute Gasteiger partial charge is 0.258 e. The summed E-state index contributed by atoms with van der Waals surface area (Å²) in [5, 5.41) is 13.1. The average Bonchev–Trinajstić information content (AvgIpc) is 2.76. The quantitative estimate of drug-likeness (QED) is 0.602. The molecule has 21 heavy (non-hydrogen) atoms. The maximum absolute atomic E-state index is 12.8. The topological polar surface area (TPSA) is 95.1 Å². The molecule has 1 saturated heterocycles. The van der Waals surface area contributed by atoms with E-state index in [0.29, 0.717) is 4.68 Å². The maximum atomic E-state index is 12.8. The fraction of sp³-hybridized carbons (Fsp3) is 0.667. The highest BCUT2D eigenvalue weighted by Gasteiger charge is 2.49. The molecule has 0 N–H and O–H groups in total. The predicted molar refractivity (Wildman–Crippen MR) is 65.8 cm³/mol. The van der Waals surface area contributed by atoms with Gasteiger partial charge in [-0.25, -0.2) is 13.1 Å². The Bertz CT molecular complexity index is 715. The lowest BCUT2D eigenvalue weighted by Crippen LogP contribution is -2.33. The molecule has 1 fully saturated rings. The van der Waals surface area contributed by atoms with E-state index in [0.717, 1.165) is 0 Å². The normalized spacial score (nSPS) is 25.2. The van der Waals surface area contributed by atoms with Gasteiger partial charge in [0.1, 0.15) is 0 Å². The summed E-state index contributed by atoms with van der Waals surface area (Å²) < 4.78 is 62.0. The van der Waals surface area contributed by atoms with Crippen LogP contribution in [0.4, 0.5) is 18.9 Å². The third-order valence-electron chi connectivity index (χ3n) is 3.25. The number of nitro groups is 1. The molecule has 7 nitrogen and oxygen atoms in total. The lowest BCUT2D eigenvalue weighted by atomic mass is 10.0. The lowest BCUT2D eigenvalue weighted by molar-refractivity contribution is -0.388. The number of hydrogen-bond donors (Lipinski definition) is 0. The molecule has 12 heteroatoms. The van der Waals surface area contributed by atoms with Crippen LogP contribution in [-0.2, 0) is 21.6 Å². The molecule has 0 aliphatic carbocycles. The number of nitrogens with zero attached hydrogens (tertiary/aromatic N) is 3. The van der Waals surface area contributed by atoms with Crippen molar-refractivity contribution in [2.75, 3.05) is 11.5 Å². The summed E-state index contributed by atoms with van der Waals surface area (Å²) in [6, 6.07) is 0. The van der Waals surface area contributed by atoms with Crippen LogP contribution in [0.15, 0.2) is 0 Å². The van der Waals surface area contributed by atoms with Crippen molar-refractivity contribution in [3.05, 3.63) is 21.0 Å². The van der Waals surface area contributed by atoms with Gasteiger partial charge < -0.3 is 0 Å². The van der Waals surface area contributed by atoms with Gasteiger partial charge in [-0.05, 0) is 13.3 Å². The number of aromatic nitrogens is 2. The molecular weight excluding hydrogens is 339 g/mol. The summed E-state index contributed by atoms with van der Waals surface area (Å²) in [6.07, 6.45) is -5.09. The summed E-state index contributed by atoms with van der Waals surface area (Å²) in [5.41, 5.74) is -4.44. The van der Waals surface area contributed by atoms with Gasteiger partial charge in [-0.1, -0.05) is 11.6 Å². The van der Waals surface area contributed by atoms with Crippen LogP contribution in [0.3, 0.4) is 0 Å². The lowest BCUT2D eigenvalue weighted by Gasteiger charge is -2.23. The summed E-state index contributed by atoms with van der Waals surface area (Å²) in [7, 11) is -3.45. The van der Waals surface area contributed by atoms with Crippen LogP contribution in [-0.4, -0.2) is 34.6 Å². The number of rotatable bonds is 2. The van der Waals surface area contributed by atoms with Crippen LogP contribution >= 0.6 is 11.6 Å². The van der Waals surface area contributed by atoms with Gasteiger partial charge in [0, 0.05) is 0 Å². The van der Waals surface area contributed by atoms with Crippen molar-refractivity contribution in [3.8, 4) is 0 Å². The monoisotopic (exact) mass is 347 g/mol. The minimum absolute atomic E-state index is 0.0226. The van der Waals surface area contributed by atoms with Crippen LogP contribution < -0.4 is 0 Å². The second-order valence-electron chi connectivity index (χ2n) is 4.99. The van der Waals surface area contributed by atoms with Gasteiger partial charge in [-0.15, -0.1) is 0 Å². The Morgan fingerprint density at radius 2 is 2.05 bits per heavy atom. The number of sulfone groups is 1. The molecule has 1 aromatic heterocycles. The largest absolute Gasteiger partial charge is 0.442 e. The van der Waals surface area contributed by atoms with Gasteiger partial charge in [0.05, 0.1) is 22.0 Å². The highest BCUT2D eigenvalue weighted by Crippen LogP contribution is 2.43. The molecule has 1 atom stereocenters. The summed E-state index contributed by atoms with van der Waals surface area (Å²) in [5.74, 6) is -0.718. The Hall–Kier alpha value is -1.36. The van der Waals surface area contributed by atoms with E-state index in [1.807, 2.05) is 0 Å². The molecule has 0 spiro atoms. The van der Waals surface area contributed by atoms with Crippen LogP contribution in [0.25, 0.3) is 0 Å². The molecule has 2 rings (SSSR count). The minimum Gasteiger partial charge on any atom is -0.258 e. The van der Waals surface area contributed by atoms with Crippen molar-refractivity contribution in [2.24, 2.45) is 0 Å². The number of hydrogen-bond acceptors (Lipinski definition) is 5. The first-order valence-corrected chi connectivity index (χ1v) is 7.78. The van der Waals surface area contributed by atoms with Gasteiger partial charge in [-0.2, -0.15) is 18.3 Å². The number of halogens is 4. The van der Waals surface area contributed by atoms with Crippen LogP contribution in [0.5, 0.6) is 0 Å². The molecule has 2 heterocycles. The first-order chi connectivity index (χ1) is 9.37. The Morgan fingerprint density at radius 3 is 2.38 bits per heavy atom. The van der Waals surface area contributed by atoms with E-state index in [2.05, 4.69) is 5.10 Å². The maximum Gasteiger partial charge on any atom is 0.442 e. The van der Waals surface area contributed by atoms with E-state index < -0.39 is 48.8 Å². The van der Waals surface area contributed by atoms with Crippen LogP contribution in [0.2, 0.25) is 5.15 Å². The molecule has 1 aliphatic heterocycles. The molecule has 1 aliphatic rings. The molecule has 1 aromatic rings. The zero-order chi connectivity index (χ0) is 16.2. The van der Waals surface area contributed by atoms with Gasteiger partial charge in [0.25, 0.3) is 0 Å². The fourth-order valence-electron chi connectivity index (χ4n) is 2.26. The van der Waals surface area contributed by atoms with Crippen molar-refractivity contribution in [3.63, 3.8) is 0 Å². The molecule has 118 valence electrons. The molecule has 0 amide bonds. The summed E-state index contributed by atoms with van der Waals surface area (Å²) >= 11 is 5.66. The van der Waals surface area contributed by atoms with E-state index in [9.17, 15) is 31.7 Å². The van der Waals surface area contributed by atoms with Crippen molar-refractivity contribution < 1.29 is 26.5 Å². The van der Waals surface area contributed by atoms with Gasteiger partial charge in [0.2, 0.25) is 10.8 Å². The highest BCUT2D eigenvalue weighted by atomic mass is 35.5. The first-order valence-electron chi connectivity index (χ1n) is 5.58. The molecular formula is C9H9ClF3N3O4S. The van der Waals surface area contributed by atoms with E-state index in [-0.39, 0.29) is 12.2 Å². The summed E-state index contributed by atoms with van der Waals surface area (Å²) in [4.78, 5) is 9.52. The number of alkyl halides is 3. The van der Waals surface area contributed by atoms with Crippen molar-refractivity contribution in [1.82, 2.24) is 9.78 Å². The second kappa shape index (κ2) is 4.57. The molecule has 0 radical (unpaired) electrons. The van der Waals surface area contributed by atoms with E-state index >= 15 is 0 Å². The van der Waals surface area contributed by atoms with Crippen molar-refractivity contribution >= 4 is 27.1 Å². The third kappa shape index (κ3) is 2.71. The third-order valence-corrected chi connectivity index (χ3v) is 5.48. The van der Waals surface area contributed by atoms with Crippen molar-refractivity contribution in [1.29, 1.82) is 0 Å².